The summed E-state index contributed by atoms with van der Waals surface area (Å²) in [5, 5.41) is 2.90. The van der Waals surface area contributed by atoms with Crippen molar-refractivity contribution in [2.45, 2.75) is 12.6 Å². The van der Waals surface area contributed by atoms with Crippen LogP contribution in [0.4, 0.5) is 0 Å². The van der Waals surface area contributed by atoms with Gasteiger partial charge in [0, 0.05) is 39.6 Å². The molecule has 110 valence electrons. The lowest BCUT2D eigenvalue weighted by atomic mass is 10.1. The highest BCUT2D eigenvalue weighted by molar-refractivity contribution is 5.94. The van der Waals surface area contributed by atoms with Crippen LogP contribution in [0.15, 0.2) is 36.7 Å². The Morgan fingerprint density at radius 2 is 2.05 bits per heavy atom. The van der Waals surface area contributed by atoms with E-state index in [1.54, 1.807) is 22.6 Å². The number of hydrogen-bond acceptors (Lipinski definition) is 2. The fourth-order valence-electron chi connectivity index (χ4n) is 2.66. The van der Waals surface area contributed by atoms with Gasteiger partial charge in [0.1, 0.15) is 11.4 Å². The highest BCUT2D eigenvalue weighted by atomic mass is 16.2. The summed E-state index contributed by atoms with van der Waals surface area (Å²) in [5.41, 5.74) is 1.31. The van der Waals surface area contributed by atoms with Gasteiger partial charge in [-0.1, -0.05) is 0 Å². The summed E-state index contributed by atoms with van der Waals surface area (Å²) in [6.07, 6.45) is 3.73. The number of aryl methyl sites for hydroxylation is 1. The molecular formula is C15H18N4O2. The molecule has 0 fully saturated rings. The highest BCUT2D eigenvalue weighted by Gasteiger charge is 2.29. The molecule has 3 heterocycles. The van der Waals surface area contributed by atoms with Gasteiger partial charge in [0.15, 0.2) is 0 Å². The van der Waals surface area contributed by atoms with E-state index in [1.807, 2.05) is 42.2 Å². The summed E-state index contributed by atoms with van der Waals surface area (Å²) in [6.45, 7) is 1.13. The molecule has 0 spiro atoms. The Kier molecular flexibility index (Phi) is 3.29. The van der Waals surface area contributed by atoms with E-state index in [0.29, 0.717) is 24.5 Å². The molecule has 1 unspecified atom stereocenters. The van der Waals surface area contributed by atoms with Crippen LogP contribution in [0.2, 0.25) is 0 Å². The molecule has 2 amide bonds. The lowest BCUT2D eigenvalue weighted by Gasteiger charge is -2.33. The molecule has 0 saturated carbocycles. The molecule has 2 aromatic rings. The Hall–Kier alpha value is -2.50. The molecule has 0 bridgehead atoms. The van der Waals surface area contributed by atoms with Crippen molar-refractivity contribution in [3.8, 4) is 0 Å². The summed E-state index contributed by atoms with van der Waals surface area (Å²) in [5.74, 6) is -0.133. The van der Waals surface area contributed by atoms with E-state index in [-0.39, 0.29) is 17.9 Å². The number of nitrogens with one attached hydrogen (secondary N) is 1. The van der Waals surface area contributed by atoms with Crippen LogP contribution < -0.4 is 5.32 Å². The molecule has 3 rings (SSSR count). The number of carbonyl (C=O) groups excluding carboxylic acids is 2. The molecule has 0 aliphatic carbocycles. The van der Waals surface area contributed by atoms with Gasteiger partial charge in [-0.15, -0.1) is 0 Å². The smallest absolute Gasteiger partial charge is 0.270 e. The number of fused-ring (bicyclic) bond motifs is 1. The second-order valence-electron chi connectivity index (χ2n) is 5.33. The van der Waals surface area contributed by atoms with Crippen molar-refractivity contribution in [3.05, 3.63) is 48.0 Å². The number of aromatic nitrogens is 2. The quantitative estimate of drug-likeness (QED) is 0.903. The van der Waals surface area contributed by atoms with Gasteiger partial charge in [-0.25, -0.2) is 0 Å². The molecule has 0 saturated heterocycles. The van der Waals surface area contributed by atoms with Gasteiger partial charge in [-0.05, 0) is 24.3 Å². The van der Waals surface area contributed by atoms with Crippen molar-refractivity contribution in [1.82, 2.24) is 19.4 Å². The van der Waals surface area contributed by atoms with Gasteiger partial charge in [0.25, 0.3) is 11.8 Å². The first-order chi connectivity index (χ1) is 10.1. The molecule has 6 heteroatoms. The topological polar surface area (TPSA) is 59.3 Å². The standard InChI is InChI=1S/C15H18N4O2/c1-17-7-3-5-12(17)14(20)16-9-11-10-19-8-4-6-13(19)15(21)18(11)2/h3-8,11H,9-10H2,1-2H3,(H,16,20). The van der Waals surface area contributed by atoms with Gasteiger partial charge in [0.05, 0.1) is 6.04 Å². The van der Waals surface area contributed by atoms with E-state index < -0.39 is 0 Å². The number of likely N-dealkylation sites (N-methyl/N-ethyl adjacent to an activating group) is 1. The van der Waals surface area contributed by atoms with Crippen LogP contribution in [0.1, 0.15) is 21.0 Å². The second-order valence-corrected chi connectivity index (χ2v) is 5.33. The van der Waals surface area contributed by atoms with E-state index in [0.717, 1.165) is 0 Å². The SMILES string of the molecule is CN1C(=O)c2cccn2CC1CNC(=O)c1cccn1C. The number of nitrogens with zero attached hydrogens (tertiary/aromatic N) is 3. The maximum atomic E-state index is 12.2. The van der Waals surface area contributed by atoms with E-state index in [2.05, 4.69) is 5.32 Å². The number of carbonyl (C=O) groups is 2. The van der Waals surface area contributed by atoms with Gasteiger partial charge in [0.2, 0.25) is 0 Å². The molecule has 1 aliphatic heterocycles. The third-order valence-electron chi connectivity index (χ3n) is 4.00. The summed E-state index contributed by atoms with van der Waals surface area (Å²) in [4.78, 5) is 26.0. The van der Waals surface area contributed by atoms with E-state index in [1.165, 1.54) is 0 Å². The first-order valence-corrected chi connectivity index (χ1v) is 6.90. The summed E-state index contributed by atoms with van der Waals surface area (Å²) in [6, 6.07) is 7.25. The summed E-state index contributed by atoms with van der Waals surface area (Å²) < 4.78 is 3.71. The molecule has 21 heavy (non-hydrogen) atoms. The zero-order valence-corrected chi connectivity index (χ0v) is 12.1. The van der Waals surface area contributed by atoms with Gasteiger partial charge in [-0.2, -0.15) is 0 Å². The first kappa shape index (κ1) is 13.5. The highest BCUT2D eigenvalue weighted by Crippen LogP contribution is 2.16. The Labute approximate surface area is 123 Å². The zero-order valence-electron chi connectivity index (χ0n) is 12.1. The summed E-state index contributed by atoms with van der Waals surface area (Å²) >= 11 is 0. The monoisotopic (exact) mass is 286 g/mol. The predicted molar refractivity (Wildman–Crippen MR) is 78.1 cm³/mol. The number of rotatable bonds is 3. The fourth-order valence-corrected chi connectivity index (χ4v) is 2.66. The Morgan fingerprint density at radius 3 is 2.76 bits per heavy atom. The molecule has 0 radical (unpaired) electrons. The average Bonchev–Trinajstić information content (AvgIpc) is 3.09. The molecular weight excluding hydrogens is 268 g/mol. The Balaban J connectivity index is 1.68. The average molecular weight is 286 g/mol. The molecule has 1 N–H and O–H groups in total. The zero-order chi connectivity index (χ0) is 15.0. The van der Waals surface area contributed by atoms with E-state index in [9.17, 15) is 9.59 Å². The predicted octanol–water partition coefficient (Wildman–Crippen LogP) is 0.711. The van der Waals surface area contributed by atoms with Crippen LogP contribution >= 0.6 is 0 Å². The lowest BCUT2D eigenvalue weighted by molar-refractivity contribution is 0.0644. The molecule has 2 aromatic heterocycles. The third kappa shape index (κ3) is 2.33. The minimum atomic E-state index is -0.123. The van der Waals surface area contributed by atoms with E-state index in [4.69, 9.17) is 0 Å². The third-order valence-corrected chi connectivity index (χ3v) is 4.00. The van der Waals surface area contributed by atoms with Crippen molar-refractivity contribution in [1.29, 1.82) is 0 Å². The van der Waals surface area contributed by atoms with Gasteiger partial charge < -0.3 is 19.4 Å². The largest absolute Gasteiger partial charge is 0.349 e. The maximum absolute atomic E-state index is 12.2. The van der Waals surface area contributed by atoms with Crippen molar-refractivity contribution in [2.75, 3.05) is 13.6 Å². The maximum Gasteiger partial charge on any atom is 0.270 e. The Morgan fingerprint density at radius 1 is 1.29 bits per heavy atom. The van der Waals surface area contributed by atoms with Crippen molar-refractivity contribution in [2.24, 2.45) is 7.05 Å². The van der Waals surface area contributed by atoms with Crippen LogP contribution in [0.25, 0.3) is 0 Å². The van der Waals surface area contributed by atoms with Crippen molar-refractivity contribution in [3.63, 3.8) is 0 Å². The van der Waals surface area contributed by atoms with Gasteiger partial charge >= 0.3 is 0 Å². The van der Waals surface area contributed by atoms with Crippen LogP contribution in [0.3, 0.4) is 0 Å². The molecule has 1 atom stereocenters. The van der Waals surface area contributed by atoms with E-state index >= 15 is 0 Å². The molecule has 6 nitrogen and oxygen atoms in total. The first-order valence-electron chi connectivity index (χ1n) is 6.90. The minimum absolute atomic E-state index is 0.00985. The van der Waals surface area contributed by atoms with Gasteiger partial charge in [-0.3, -0.25) is 9.59 Å². The number of amides is 2. The Bertz CT molecular complexity index is 685. The van der Waals surface area contributed by atoms with Crippen LogP contribution in [0.5, 0.6) is 0 Å². The molecule has 0 aromatic carbocycles. The van der Waals surface area contributed by atoms with Crippen LogP contribution in [-0.4, -0.2) is 45.5 Å². The van der Waals surface area contributed by atoms with Crippen LogP contribution in [0, 0.1) is 0 Å². The molecule has 1 aliphatic rings. The minimum Gasteiger partial charge on any atom is -0.349 e. The fraction of sp³-hybridized carbons (Fsp3) is 0.333. The van der Waals surface area contributed by atoms with Crippen LogP contribution in [-0.2, 0) is 13.6 Å². The van der Waals surface area contributed by atoms with Crippen molar-refractivity contribution < 1.29 is 9.59 Å². The normalized spacial score (nSPS) is 17.7. The van der Waals surface area contributed by atoms with Crippen molar-refractivity contribution >= 4 is 11.8 Å². The second kappa shape index (κ2) is 5.12. The summed E-state index contributed by atoms with van der Waals surface area (Å²) in [7, 11) is 3.61. The number of hydrogen-bond donors (Lipinski definition) is 1. The lowest BCUT2D eigenvalue weighted by Crippen LogP contribution is -2.50.